The number of aromatic nitrogens is 1. The third-order valence-electron chi connectivity index (χ3n) is 3.76. The minimum Gasteiger partial charge on any atom is -0.335 e. The van der Waals surface area contributed by atoms with Gasteiger partial charge in [0.1, 0.15) is 0 Å². The summed E-state index contributed by atoms with van der Waals surface area (Å²) in [6, 6.07) is 6.72. The summed E-state index contributed by atoms with van der Waals surface area (Å²) < 4.78 is 0. The second-order valence-electron chi connectivity index (χ2n) is 5.51. The molecule has 1 N–H and O–H groups in total. The molecule has 1 saturated heterocycles. The maximum absolute atomic E-state index is 12.5. The van der Waals surface area contributed by atoms with Crippen LogP contribution >= 0.6 is 22.9 Å². The number of anilines is 1. The largest absolute Gasteiger partial charge is 0.335 e. The van der Waals surface area contributed by atoms with Gasteiger partial charge in [-0.2, -0.15) is 0 Å². The standard InChI is InChI=1S/C16H17ClN4O2S/c1-11-10-24-15(18-11)19-16(23)21-7-5-20(6-8-21)14(22)12-3-2-4-13(17)9-12/h2-4,9-10H,5-8H2,1H3,(H,18,19,23). The highest BCUT2D eigenvalue weighted by Gasteiger charge is 2.25. The van der Waals surface area contributed by atoms with Crippen molar-refractivity contribution in [3.8, 4) is 0 Å². The maximum atomic E-state index is 12.5. The van der Waals surface area contributed by atoms with E-state index in [9.17, 15) is 9.59 Å². The SMILES string of the molecule is Cc1csc(NC(=O)N2CCN(C(=O)c3cccc(Cl)c3)CC2)n1. The molecule has 3 amide bonds. The first kappa shape index (κ1) is 16.7. The highest BCUT2D eigenvalue weighted by atomic mass is 35.5. The zero-order valence-corrected chi connectivity index (χ0v) is 14.7. The molecule has 0 radical (unpaired) electrons. The van der Waals surface area contributed by atoms with E-state index >= 15 is 0 Å². The molecular formula is C16H17ClN4O2S. The summed E-state index contributed by atoms with van der Waals surface area (Å²) in [5, 5.41) is 5.81. The van der Waals surface area contributed by atoms with Crippen molar-refractivity contribution in [2.24, 2.45) is 0 Å². The van der Waals surface area contributed by atoms with Crippen LogP contribution in [0.5, 0.6) is 0 Å². The first-order chi connectivity index (χ1) is 11.5. The van der Waals surface area contributed by atoms with E-state index in [1.807, 2.05) is 12.3 Å². The Bertz CT molecular complexity index is 756. The van der Waals surface area contributed by atoms with Crippen molar-refractivity contribution < 1.29 is 9.59 Å². The number of aryl methyl sites for hydroxylation is 1. The van der Waals surface area contributed by atoms with Crippen molar-refractivity contribution in [1.82, 2.24) is 14.8 Å². The monoisotopic (exact) mass is 364 g/mol. The third kappa shape index (κ3) is 3.85. The van der Waals surface area contributed by atoms with Gasteiger partial charge in [-0.05, 0) is 25.1 Å². The third-order valence-corrected chi connectivity index (χ3v) is 4.87. The summed E-state index contributed by atoms with van der Waals surface area (Å²) in [7, 11) is 0. The second kappa shape index (κ2) is 7.19. The van der Waals surface area contributed by atoms with Gasteiger partial charge >= 0.3 is 6.03 Å². The fourth-order valence-corrected chi connectivity index (χ4v) is 3.37. The van der Waals surface area contributed by atoms with E-state index in [-0.39, 0.29) is 11.9 Å². The molecule has 8 heteroatoms. The first-order valence-electron chi connectivity index (χ1n) is 7.56. The number of nitrogens with one attached hydrogen (secondary N) is 1. The van der Waals surface area contributed by atoms with Crippen molar-refractivity contribution in [1.29, 1.82) is 0 Å². The molecule has 126 valence electrons. The predicted octanol–water partition coefficient (Wildman–Crippen LogP) is 3.09. The van der Waals surface area contributed by atoms with Crippen molar-refractivity contribution in [2.75, 3.05) is 31.5 Å². The molecular weight excluding hydrogens is 348 g/mol. The van der Waals surface area contributed by atoms with Gasteiger partial charge in [-0.15, -0.1) is 11.3 Å². The molecule has 1 aromatic heterocycles. The van der Waals surface area contributed by atoms with Crippen LogP contribution in [0.15, 0.2) is 29.6 Å². The second-order valence-corrected chi connectivity index (χ2v) is 6.81. The van der Waals surface area contributed by atoms with E-state index in [1.54, 1.807) is 34.1 Å². The molecule has 0 unspecified atom stereocenters. The molecule has 0 spiro atoms. The summed E-state index contributed by atoms with van der Waals surface area (Å²) in [4.78, 5) is 32.3. The number of piperazine rings is 1. The minimum absolute atomic E-state index is 0.0619. The van der Waals surface area contributed by atoms with Crippen molar-refractivity contribution in [2.45, 2.75) is 6.92 Å². The summed E-state index contributed by atoms with van der Waals surface area (Å²) in [6.45, 7) is 3.85. The summed E-state index contributed by atoms with van der Waals surface area (Å²) in [6.07, 6.45) is 0. The fourth-order valence-electron chi connectivity index (χ4n) is 2.50. The lowest BCUT2D eigenvalue weighted by Crippen LogP contribution is -2.51. The summed E-state index contributed by atoms with van der Waals surface area (Å²) in [5.74, 6) is -0.0619. The molecule has 0 atom stereocenters. The summed E-state index contributed by atoms with van der Waals surface area (Å²) >= 11 is 7.33. The lowest BCUT2D eigenvalue weighted by Gasteiger charge is -2.34. The van der Waals surface area contributed by atoms with Crippen molar-refractivity contribution >= 4 is 40.0 Å². The number of nitrogens with zero attached hydrogens (tertiary/aromatic N) is 3. The number of carbonyl (C=O) groups excluding carboxylic acids is 2. The molecule has 0 bridgehead atoms. The average molecular weight is 365 g/mol. The topological polar surface area (TPSA) is 65.5 Å². The lowest BCUT2D eigenvalue weighted by molar-refractivity contribution is 0.0671. The number of thiazole rings is 1. The molecule has 1 aromatic carbocycles. The Morgan fingerprint density at radius 3 is 2.54 bits per heavy atom. The fraction of sp³-hybridized carbons (Fsp3) is 0.312. The smallest absolute Gasteiger partial charge is 0.323 e. The zero-order valence-electron chi connectivity index (χ0n) is 13.2. The molecule has 0 saturated carbocycles. The molecule has 6 nitrogen and oxygen atoms in total. The van der Waals surface area contributed by atoms with Gasteiger partial charge in [0.25, 0.3) is 5.91 Å². The quantitative estimate of drug-likeness (QED) is 0.890. The molecule has 1 aliphatic rings. The number of amides is 3. The Labute approximate surface area is 149 Å². The van der Waals surface area contributed by atoms with E-state index in [4.69, 9.17) is 11.6 Å². The number of rotatable bonds is 2. The van der Waals surface area contributed by atoms with Crippen LogP contribution in [0.1, 0.15) is 16.1 Å². The number of halogens is 1. The molecule has 2 heterocycles. The lowest BCUT2D eigenvalue weighted by atomic mass is 10.2. The van der Waals surface area contributed by atoms with Gasteiger partial charge in [0.05, 0.1) is 5.69 Å². The van der Waals surface area contributed by atoms with Gasteiger partial charge in [-0.25, -0.2) is 9.78 Å². The number of benzene rings is 1. The first-order valence-corrected chi connectivity index (χ1v) is 8.81. The summed E-state index contributed by atoms with van der Waals surface area (Å²) in [5.41, 5.74) is 1.45. The van der Waals surface area contributed by atoms with Crippen LogP contribution in [-0.4, -0.2) is 52.9 Å². The normalized spacial score (nSPS) is 14.6. The van der Waals surface area contributed by atoms with Gasteiger partial charge < -0.3 is 9.80 Å². The number of hydrogen-bond donors (Lipinski definition) is 1. The Morgan fingerprint density at radius 2 is 1.92 bits per heavy atom. The van der Waals surface area contributed by atoms with Gasteiger partial charge in [0, 0.05) is 42.1 Å². The number of hydrogen-bond acceptors (Lipinski definition) is 4. The predicted molar refractivity (Wildman–Crippen MR) is 94.8 cm³/mol. The van der Waals surface area contributed by atoms with Crippen LogP contribution in [0, 0.1) is 6.92 Å². The Balaban J connectivity index is 1.55. The van der Waals surface area contributed by atoms with E-state index in [0.717, 1.165) is 5.69 Å². The van der Waals surface area contributed by atoms with Crippen LogP contribution < -0.4 is 5.32 Å². The van der Waals surface area contributed by atoms with Crippen LogP contribution in [0.4, 0.5) is 9.93 Å². The van der Waals surface area contributed by atoms with Gasteiger partial charge in [0.2, 0.25) is 0 Å². The highest BCUT2D eigenvalue weighted by molar-refractivity contribution is 7.13. The average Bonchev–Trinajstić information content (AvgIpc) is 2.99. The number of carbonyl (C=O) groups is 2. The Hall–Kier alpha value is -2.12. The van der Waals surface area contributed by atoms with E-state index in [0.29, 0.717) is 41.9 Å². The van der Waals surface area contributed by atoms with Gasteiger partial charge in [-0.1, -0.05) is 17.7 Å². The van der Waals surface area contributed by atoms with Crippen LogP contribution in [0.2, 0.25) is 5.02 Å². The molecule has 1 aliphatic heterocycles. The Kier molecular flexibility index (Phi) is 5.01. The van der Waals surface area contributed by atoms with E-state index in [2.05, 4.69) is 10.3 Å². The number of urea groups is 1. The van der Waals surface area contributed by atoms with Gasteiger partial charge in [0.15, 0.2) is 5.13 Å². The Morgan fingerprint density at radius 1 is 1.21 bits per heavy atom. The van der Waals surface area contributed by atoms with E-state index in [1.165, 1.54) is 11.3 Å². The molecule has 24 heavy (non-hydrogen) atoms. The van der Waals surface area contributed by atoms with Crippen molar-refractivity contribution in [3.63, 3.8) is 0 Å². The molecule has 0 aliphatic carbocycles. The molecule has 2 aromatic rings. The highest BCUT2D eigenvalue weighted by Crippen LogP contribution is 2.17. The zero-order chi connectivity index (χ0) is 17.1. The van der Waals surface area contributed by atoms with Crippen LogP contribution in [-0.2, 0) is 0 Å². The van der Waals surface area contributed by atoms with Crippen LogP contribution in [0.3, 0.4) is 0 Å². The van der Waals surface area contributed by atoms with E-state index < -0.39 is 0 Å². The maximum Gasteiger partial charge on any atom is 0.323 e. The molecule has 1 fully saturated rings. The minimum atomic E-state index is -0.181. The van der Waals surface area contributed by atoms with Gasteiger partial charge in [-0.3, -0.25) is 10.1 Å². The molecule has 3 rings (SSSR count). The van der Waals surface area contributed by atoms with Crippen molar-refractivity contribution in [3.05, 3.63) is 45.9 Å². The van der Waals surface area contributed by atoms with Crippen LogP contribution in [0.25, 0.3) is 0 Å².